The Labute approximate surface area is 141 Å². The molecule has 1 aromatic carbocycles. The van der Waals surface area contributed by atoms with Crippen LogP contribution in [0.3, 0.4) is 0 Å². The third-order valence-electron chi connectivity index (χ3n) is 5.00. The molecule has 3 atom stereocenters. The minimum absolute atomic E-state index is 0.305. The van der Waals surface area contributed by atoms with Gasteiger partial charge in [-0.2, -0.15) is 0 Å². The van der Waals surface area contributed by atoms with Gasteiger partial charge in [0.1, 0.15) is 11.9 Å². The van der Waals surface area contributed by atoms with Crippen LogP contribution < -0.4 is 4.74 Å². The molecular formula is C18H23NO5. The number of carbonyl (C=O) groups is 2. The van der Waals surface area contributed by atoms with Crippen molar-refractivity contribution in [3.05, 3.63) is 29.3 Å². The summed E-state index contributed by atoms with van der Waals surface area (Å²) in [5, 5.41) is 20.1. The maximum atomic E-state index is 12.3. The lowest BCUT2D eigenvalue weighted by atomic mass is 9.93. The summed E-state index contributed by atoms with van der Waals surface area (Å²) < 4.78 is 5.77. The van der Waals surface area contributed by atoms with Gasteiger partial charge >= 0.3 is 0 Å². The van der Waals surface area contributed by atoms with Crippen molar-refractivity contribution in [2.45, 2.75) is 57.0 Å². The second-order valence-corrected chi connectivity index (χ2v) is 7.48. The standard InChI is InChI=1S/C18H23NO5/c1-17(2,22)14-9-11-7-10(5-6-13(11)24-14)8-12-15(20)18(3,23)16(21)19(12)4/h5-7,12,14,22-23H,8-9H2,1-4H3/t12-,14-,18-/m0/s1. The van der Waals surface area contributed by atoms with E-state index in [1.165, 1.54) is 18.9 Å². The van der Waals surface area contributed by atoms with E-state index in [2.05, 4.69) is 0 Å². The van der Waals surface area contributed by atoms with E-state index < -0.39 is 28.9 Å². The first-order valence-corrected chi connectivity index (χ1v) is 8.06. The fraction of sp³-hybridized carbons (Fsp3) is 0.556. The van der Waals surface area contributed by atoms with E-state index in [4.69, 9.17) is 4.74 Å². The number of fused-ring (bicyclic) bond motifs is 1. The monoisotopic (exact) mass is 333 g/mol. The minimum atomic E-state index is -1.94. The zero-order chi connectivity index (χ0) is 17.9. The minimum Gasteiger partial charge on any atom is -0.487 e. The summed E-state index contributed by atoms with van der Waals surface area (Å²) in [6.45, 7) is 4.67. The van der Waals surface area contributed by atoms with Crippen molar-refractivity contribution in [2.75, 3.05) is 7.05 Å². The molecule has 1 saturated heterocycles. The summed E-state index contributed by atoms with van der Waals surface area (Å²) in [5.41, 5.74) is -1.01. The number of Topliss-reactive ketones (excluding diaryl/α,β-unsaturated/α-hetero) is 1. The van der Waals surface area contributed by atoms with E-state index in [1.807, 2.05) is 18.2 Å². The molecule has 3 rings (SSSR count). The molecule has 0 radical (unpaired) electrons. The molecule has 1 amide bonds. The van der Waals surface area contributed by atoms with Gasteiger partial charge in [0, 0.05) is 19.9 Å². The molecule has 0 unspecified atom stereocenters. The van der Waals surface area contributed by atoms with Crippen LogP contribution in [0.1, 0.15) is 31.9 Å². The predicted octanol–water partition coefficient (Wildman–Crippen LogP) is 0.464. The van der Waals surface area contributed by atoms with Crippen molar-refractivity contribution in [2.24, 2.45) is 0 Å². The zero-order valence-corrected chi connectivity index (χ0v) is 14.4. The first-order chi connectivity index (χ1) is 11.0. The molecule has 0 spiro atoms. The van der Waals surface area contributed by atoms with E-state index >= 15 is 0 Å². The van der Waals surface area contributed by atoms with Crippen molar-refractivity contribution in [1.29, 1.82) is 0 Å². The molecule has 0 aromatic heterocycles. The Kier molecular flexibility index (Phi) is 3.73. The number of likely N-dealkylation sites (tertiary alicyclic amines) is 1. The molecule has 0 aliphatic carbocycles. The number of nitrogens with zero attached hydrogens (tertiary/aromatic N) is 1. The number of carbonyl (C=O) groups excluding carboxylic acids is 2. The third kappa shape index (κ3) is 2.59. The van der Waals surface area contributed by atoms with Crippen LogP contribution in [0.2, 0.25) is 0 Å². The molecule has 130 valence electrons. The van der Waals surface area contributed by atoms with Crippen molar-refractivity contribution < 1.29 is 24.5 Å². The quantitative estimate of drug-likeness (QED) is 0.785. The number of ether oxygens (including phenoxy) is 1. The van der Waals surface area contributed by atoms with Crippen molar-refractivity contribution >= 4 is 11.7 Å². The van der Waals surface area contributed by atoms with Gasteiger partial charge in [-0.3, -0.25) is 9.59 Å². The molecule has 2 N–H and O–H groups in total. The van der Waals surface area contributed by atoms with Gasteiger partial charge < -0.3 is 19.8 Å². The van der Waals surface area contributed by atoms with Gasteiger partial charge in [0.2, 0.25) is 5.60 Å². The van der Waals surface area contributed by atoms with Crippen molar-refractivity contribution in [3.8, 4) is 5.75 Å². The molecular weight excluding hydrogens is 310 g/mol. The van der Waals surface area contributed by atoms with Crippen LogP contribution in [0.25, 0.3) is 0 Å². The Balaban J connectivity index is 1.80. The maximum absolute atomic E-state index is 12.3. The third-order valence-corrected chi connectivity index (χ3v) is 5.00. The number of ketones is 1. The summed E-state index contributed by atoms with van der Waals surface area (Å²) >= 11 is 0. The fourth-order valence-electron chi connectivity index (χ4n) is 3.37. The second-order valence-electron chi connectivity index (χ2n) is 7.48. The lowest BCUT2D eigenvalue weighted by molar-refractivity contribution is -0.146. The van der Waals surface area contributed by atoms with Crippen molar-refractivity contribution in [3.63, 3.8) is 0 Å². The van der Waals surface area contributed by atoms with Crippen LogP contribution in [0, 0.1) is 0 Å². The van der Waals surface area contributed by atoms with E-state index in [-0.39, 0.29) is 6.10 Å². The van der Waals surface area contributed by atoms with Gasteiger partial charge in [0.25, 0.3) is 5.91 Å². The topological polar surface area (TPSA) is 87.1 Å². The van der Waals surface area contributed by atoms with Gasteiger partial charge in [-0.25, -0.2) is 0 Å². The molecule has 2 aliphatic rings. The Bertz CT molecular complexity index is 704. The van der Waals surface area contributed by atoms with Crippen LogP contribution in [-0.4, -0.2) is 57.2 Å². The molecule has 0 bridgehead atoms. The average Bonchev–Trinajstić information content (AvgIpc) is 2.98. The summed E-state index contributed by atoms with van der Waals surface area (Å²) in [5.74, 6) is -0.301. The number of hydrogen-bond acceptors (Lipinski definition) is 5. The van der Waals surface area contributed by atoms with Gasteiger partial charge in [0.15, 0.2) is 5.78 Å². The molecule has 1 aromatic rings. The van der Waals surface area contributed by atoms with Crippen LogP contribution in [-0.2, 0) is 22.4 Å². The highest BCUT2D eigenvalue weighted by Crippen LogP contribution is 2.34. The number of likely N-dealkylation sites (N-methyl/N-ethyl adjacent to an activating group) is 1. The highest BCUT2D eigenvalue weighted by Gasteiger charge is 2.53. The predicted molar refractivity (Wildman–Crippen MR) is 86.8 cm³/mol. The number of amides is 1. The number of aliphatic hydroxyl groups is 2. The number of benzene rings is 1. The molecule has 6 heteroatoms. The van der Waals surface area contributed by atoms with Crippen molar-refractivity contribution in [1.82, 2.24) is 4.90 Å². The summed E-state index contributed by atoms with van der Waals surface area (Å²) in [6.07, 6.45) is 0.635. The van der Waals surface area contributed by atoms with Crippen LogP contribution in [0.4, 0.5) is 0 Å². The average molecular weight is 333 g/mol. The summed E-state index contributed by atoms with van der Waals surface area (Å²) in [7, 11) is 1.53. The van der Waals surface area contributed by atoms with Crippen LogP contribution >= 0.6 is 0 Å². The molecule has 24 heavy (non-hydrogen) atoms. The SMILES string of the molecule is CN1C(=O)[C@@](C)(O)C(=O)[C@@H]1Cc1ccc2c(c1)C[C@@H](C(C)(C)O)O2. The largest absolute Gasteiger partial charge is 0.487 e. The Morgan fingerprint density at radius 1 is 1.38 bits per heavy atom. The highest BCUT2D eigenvalue weighted by atomic mass is 16.5. The lowest BCUT2D eigenvalue weighted by Gasteiger charge is -2.24. The van der Waals surface area contributed by atoms with E-state index in [0.717, 1.165) is 16.9 Å². The maximum Gasteiger partial charge on any atom is 0.262 e. The summed E-state index contributed by atoms with van der Waals surface area (Å²) in [4.78, 5) is 25.6. The Morgan fingerprint density at radius 2 is 2.04 bits per heavy atom. The molecule has 1 fully saturated rings. The van der Waals surface area contributed by atoms with Crippen LogP contribution in [0.15, 0.2) is 18.2 Å². The zero-order valence-electron chi connectivity index (χ0n) is 14.4. The normalized spacial score (nSPS) is 29.8. The summed E-state index contributed by atoms with van der Waals surface area (Å²) in [6, 6.07) is 4.96. The number of rotatable bonds is 3. The van der Waals surface area contributed by atoms with E-state index in [0.29, 0.717) is 12.8 Å². The molecule has 0 saturated carbocycles. The Morgan fingerprint density at radius 3 is 2.58 bits per heavy atom. The van der Waals surface area contributed by atoms with Gasteiger partial charge in [-0.15, -0.1) is 0 Å². The Hall–Kier alpha value is -1.92. The van der Waals surface area contributed by atoms with E-state index in [1.54, 1.807) is 13.8 Å². The van der Waals surface area contributed by atoms with E-state index in [9.17, 15) is 19.8 Å². The smallest absolute Gasteiger partial charge is 0.262 e. The van der Waals surface area contributed by atoms with Gasteiger partial charge in [-0.05, 0) is 38.0 Å². The number of hydrogen-bond donors (Lipinski definition) is 2. The molecule has 2 aliphatic heterocycles. The second kappa shape index (κ2) is 5.29. The first-order valence-electron chi connectivity index (χ1n) is 8.06. The lowest BCUT2D eigenvalue weighted by Crippen LogP contribution is -2.39. The van der Waals surface area contributed by atoms with Crippen LogP contribution in [0.5, 0.6) is 5.75 Å². The van der Waals surface area contributed by atoms with Gasteiger partial charge in [0.05, 0.1) is 11.6 Å². The molecule has 2 heterocycles. The fourth-order valence-corrected chi connectivity index (χ4v) is 3.37. The highest BCUT2D eigenvalue weighted by molar-refractivity contribution is 6.16. The molecule has 6 nitrogen and oxygen atoms in total. The first kappa shape index (κ1) is 16.9. The van der Waals surface area contributed by atoms with Gasteiger partial charge in [-0.1, -0.05) is 12.1 Å².